The van der Waals surface area contributed by atoms with Crippen molar-refractivity contribution in [2.45, 2.75) is 111 Å². The maximum atomic E-state index is 12.8. The number of carboxylic acids is 1. The Hall–Kier alpha value is -1.77. The summed E-state index contributed by atoms with van der Waals surface area (Å²) in [4.78, 5) is 43.9. The molecule has 0 unspecified atom stereocenters. The van der Waals surface area contributed by atoms with Crippen LogP contribution < -0.4 is 5.32 Å². The molecule has 1 amide bonds. The Morgan fingerprint density at radius 2 is 1.60 bits per heavy atom. The fraction of sp³-hybridized carbons (Fsp3) is 0.852. The maximum absolute atomic E-state index is 12.8. The van der Waals surface area contributed by atoms with E-state index in [1.54, 1.807) is 0 Å². The monoisotopic (exact) mass is 751 g/mol. The van der Waals surface area contributed by atoms with Gasteiger partial charge in [0.15, 0.2) is 6.29 Å². The van der Waals surface area contributed by atoms with Gasteiger partial charge in [-0.3, -0.25) is 9.32 Å². The van der Waals surface area contributed by atoms with Gasteiger partial charge in [-0.05, 0) is 6.42 Å². The van der Waals surface area contributed by atoms with Gasteiger partial charge >= 0.3 is 13.8 Å². The maximum Gasteiger partial charge on any atom is 0.469 e. The highest BCUT2D eigenvalue weighted by molar-refractivity contribution is 7.46. The van der Waals surface area contributed by atoms with Crippen LogP contribution in [0.25, 0.3) is 0 Å². The minimum absolute atomic E-state index is 0.0437. The van der Waals surface area contributed by atoms with Gasteiger partial charge in [-0.1, -0.05) is 6.08 Å². The van der Waals surface area contributed by atoms with Crippen molar-refractivity contribution in [1.29, 1.82) is 0 Å². The lowest BCUT2D eigenvalue weighted by molar-refractivity contribution is -0.370. The van der Waals surface area contributed by atoms with E-state index in [0.717, 1.165) is 0 Å². The van der Waals surface area contributed by atoms with Crippen molar-refractivity contribution in [3.63, 3.8) is 0 Å². The normalized spacial score (nSPS) is 40.8. The molecule has 1 saturated carbocycles. The number of rotatable bonds is 16. The first-order chi connectivity index (χ1) is 23.3. The fourth-order valence-electron chi connectivity index (χ4n) is 6.10. The van der Waals surface area contributed by atoms with Crippen molar-refractivity contribution in [2.75, 3.05) is 26.4 Å². The number of amides is 1. The molecule has 290 valence electrons. The average molecular weight is 752 g/mol. The summed E-state index contributed by atoms with van der Waals surface area (Å²) < 4.78 is 44.7. The number of aliphatic hydroxyl groups excluding tert-OH is 9. The molecule has 3 rings (SSSR count). The molecule has 0 aromatic carbocycles. The highest BCUT2D eigenvalue weighted by Crippen LogP contribution is 2.46. The first-order valence-electron chi connectivity index (χ1n) is 15.4. The van der Waals surface area contributed by atoms with E-state index in [1.165, 1.54) is 13.0 Å². The number of phosphoric acid groups is 1. The lowest BCUT2D eigenvalue weighted by atomic mass is 9.79. The molecule has 2 aliphatic heterocycles. The highest BCUT2D eigenvalue weighted by atomic mass is 31.2. The van der Waals surface area contributed by atoms with Crippen LogP contribution >= 0.6 is 7.82 Å². The van der Waals surface area contributed by atoms with Crippen molar-refractivity contribution in [2.24, 2.45) is 5.92 Å². The van der Waals surface area contributed by atoms with E-state index in [-0.39, 0.29) is 13.0 Å². The molecule has 50 heavy (non-hydrogen) atoms. The summed E-state index contributed by atoms with van der Waals surface area (Å²) in [5.41, 5.74) is 0. The van der Waals surface area contributed by atoms with Crippen molar-refractivity contribution < 1.29 is 103 Å². The number of carbonyl (C=O) groups excluding carboxylic acids is 1. The molecule has 23 heteroatoms. The van der Waals surface area contributed by atoms with Gasteiger partial charge in [0.1, 0.15) is 61.0 Å². The summed E-state index contributed by atoms with van der Waals surface area (Å²) in [6.45, 7) is 1.71. The van der Waals surface area contributed by atoms with Gasteiger partial charge in [0.05, 0.1) is 44.7 Å². The van der Waals surface area contributed by atoms with Crippen LogP contribution in [-0.2, 0) is 42.4 Å². The smallest absolute Gasteiger partial charge is 0.469 e. The lowest BCUT2D eigenvalue weighted by Crippen LogP contribution is -2.67. The molecule has 2 saturated heterocycles. The highest BCUT2D eigenvalue weighted by Gasteiger charge is 2.59. The molecule has 0 bridgehead atoms. The Kier molecular flexibility index (Phi) is 15.2. The number of phosphoric ester groups is 1. The predicted octanol–water partition coefficient (Wildman–Crippen LogP) is -6.23. The standard InChI is InChI=1S/C27H46NO21P/c1-3-4-44-14-5-11(17(34)18(35)16(14)28-10(2)31)9-45-27(26(39)40)6-15(49-50(41,42)43)24(23(48-27)13(33)8-30)47-25-21(38)19(36)20(37)22(46-25)12(32)7-29/h3,11-25,29-30,32-38H,1,4-9H2,2H3,(H,28,31)(H,39,40)(H2,41,42,43)/t11-,12+,13-,14-,15-,16+,17-,18-,19+,20+,21+,22-,23-,24-,25-,27-/m1/s1. The first kappa shape index (κ1) is 42.6. The van der Waals surface area contributed by atoms with Crippen LogP contribution in [0.15, 0.2) is 12.7 Å². The zero-order chi connectivity index (χ0) is 37.7. The van der Waals surface area contributed by atoms with Gasteiger partial charge in [-0.15, -0.1) is 6.58 Å². The topological polar surface area (TPSA) is 361 Å². The second-order valence-electron chi connectivity index (χ2n) is 12.2. The quantitative estimate of drug-likeness (QED) is 0.0515. The summed E-state index contributed by atoms with van der Waals surface area (Å²) in [7, 11) is -5.57. The van der Waals surface area contributed by atoms with E-state index in [4.69, 9.17) is 28.2 Å². The van der Waals surface area contributed by atoms with E-state index in [9.17, 15) is 75.0 Å². The number of carboxylic acid groups (broad SMARTS) is 1. The second kappa shape index (κ2) is 17.8. The fourth-order valence-corrected chi connectivity index (χ4v) is 6.65. The second-order valence-corrected chi connectivity index (χ2v) is 13.4. The predicted molar refractivity (Wildman–Crippen MR) is 158 cm³/mol. The molecule has 1 aliphatic carbocycles. The first-order valence-corrected chi connectivity index (χ1v) is 16.9. The average Bonchev–Trinajstić information content (AvgIpc) is 3.05. The van der Waals surface area contributed by atoms with Crippen LogP contribution in [0.4, 0.5) is 0 Å². The van der Waals surface area contributed by atoms with Crippen LogP contribution in [0.3, 0.4) is 0 Å². The van der Waals surface area contributed by atoms with E-state index < -0.39 is 143 Å². The van der Waals surface area contributed by atoms with Crippen LogP contribution in [0.2, 0.25) is 0 Å². The summed E-state index contributed by atoms with van der Waals surface area (Å²) >= 11 is 0. The molecule has 0 aromatic heterocycles. The van der Waals surface area contributed by atoms with Gasteiger partial charge in [-0.25, -0.2) is 9.36 Å². The minimum atomic E-state index is -5.57. The number of aliphatic carboxylic acids is 1. The molecule has 0 spiro atoms. The number of hydrogen-bond acceptors (Lipinski definition) is 18. The Morgan fingerprint density at radius 1 is 0.980 bits per heavy atom. The third-order valence-corrected chi connectivity index (χ3v) is 9.13. The molecule has 2 heterocycles. The Bertz CT molecular complexity index is 1190. The van der Waals surface area contributed by atoms with Gasteiger partial charge in [0, 0.05) is 19.3 Å². The van der Waals surface area contributed by atoms with E-state index in [1.807, 2.05) is 0 Å². The molecule has 0 aromatic rings. The number of nitrogens with one attached hydrogen (secondary N) is 1. The zero-order valence-electron chi connectivity index (χ0n) is 26.7. The van der Waals surface area contributed by atoms with Crippen LogP contribution in [0.5, 0.6) is 0 Å². The zero-order valence-corrected chi connectivity index (χ0v) is 27.6. The van der Waals surface area contributed by atoms with Gasteiger partial charge in [-0.2, -0.15) is 0 Å². The number of ether oxygens (including phenoxy) is 5. The van der Waals surface area contributed by atoms with Crippen molar-refractivity contribution in [3.8, 4) is 0 Å². The number of aliphatic hydroxyl groups is 9. The molecule has 22 nitrogen and oxygen atoms in total. The molecule has 3 fully saturated rings. The Labute approximate surface area is 284 Å². The van der Waals surface area contributed by atoms with Crippen molar-refractivity contribution in [1.82, 2.24) is 5.32 Å². The third-order valence-electron chi connectivity index (χ3n) is 8.58. The van der Waals surface area contributed by atoms with Crippen molar-refractivity contribution >= 4 is 19.7 Å². The molecule has 3 aliphatic rings. The molecule has 0 radical (unpaired) electrons. The molecule has 13 N–H and O–H groups in total. The summed E-state index contributed by atoms with van der Waals surface area (Å²) in [5, 5.41) is 106. The largest absolute Gasteiger partial charge is 0.477 e. The SMILES string of the molecule is C=CCO[C@@H]1C[C@H](CO[C@]2(C(=O)O)C[C@@H](OP(=O)(O)O)[C@@H](O[C@H]3O[C@H]([C@@H](O)CO)[C@@H](O)[C@H](O)[C@@H]3O)[C@@H]([C@H](O)CO)O2)[C@@H](O)[C@H](O)[C@H]1NC(C)=O. The molecule has 16 atom stereocenters. The van der Waals surface area contributed by atoms with Gasteiger partial charge in [0.2, 0.25) is 5.91 Å². The van der Waals surface area contributed by atoms with Crippen LogP contribution in [0, 0.1) is 5.92 Å². The summed E-state index contributed by atoms with van der Waals surface area (Å²) in [6, 6.07) is -1.10. The summed E-state index contributed by atoms with van der Waals surface area (Å²) in [6.07, 6.45) is -24.7. The van der Waals surface area contributed by atoms with Gasteiger partial charge in [0.25, 0.3) is 5.79 Å². The van der Waals surface area contributed by atoms with E-state index in [0.29, 0.717) is 0 Å². The van der Waals surface area contributed by atoms with E-state index in [2.05, 4.69) is 11.9 Å². The van der Waals surface area contributed by atoms with Gasteiger partial charge < -0.3 is 89.9 Å². The Balaban J connectivity index is 1.96. The molecular formula is C27H46NO21P. The van der Waals surface area contributed by atoms with Crippen molar-refractivity contribution in [3.05, 3.63) is 12.7 Å². The molecular weight excluding hydrogens is 705 g/mol. The number of hydrogen-bond donors (Lipinski definition) is 13. The third kappa shape index (κ3) is 10.0. The summed E-state index contributed by atoms with van der Waals surface area (Å²) in [5.74, 6) is -6.61. The lowest BCUT2D eigenvalue weighted by Gasteiger charge is -2.49. The number of carbonyl (C=O) groups is 2. The Morgan fingerprint density at radius 3 is 2.14 bits per heavy atom. The van der Waals surface area contributed by atoms with E-state index >= 15 is 0 Å². The van der Waals surface area contributed by atoms with Crippen LogP contribution in [0.1, 0.15) is 19.8 Å². The minimum Gasteiger partial charge on any atom is -0.477 e. The van der Waals surface area contributed by atoms with Crippen LogP contribution in [-0.4, -0.2) is 191 Å².